The van der Waals surface area contributed by atoms with Gasteiger partial charge in [0.15, 0.2) is 0 Å². The molecule has 2 aromatic heterocycles. The van der Waals surface area contributed by atoms with Crippen molar-refractivity contribution in [2.45, 2.75) is 19.4 Å². The average Bonchev–Trinajstić information content (AvgIpc) is 3.08. The molecule has 1 aliphatic rings. The second-order valence-electron chi connectivity index (χ2n) is 5.15. The molecule has 0 N–H and O–H groups in total. The molecule has 3 heterocycles. The molecule has 0 radical (unpaired) electrons. The molecule has 0 aliphatic carbocycles. The number of aryl methyl sites for hydroxylation is 1. The third kappa shape index (κ3) is 3.01. The van der Waals surface area contributed by atoms with Gasteiger partial charge in [-0.15, -0.1) is 11.3 Å². The van der Waals surface area contributed by atoms with Gasteiger partial charge in [-0.05, 0) is 24.1 Å². The highest BCUT2D eigenvalue weighted by atomic mass is 35.5. The normalized spacial score (nSPS) is 18.8. The van der Waals surface area contributed by atoms with Crippen LogP contribution in [-0.4, -0.2) is 26.5 Å². The molecule has 1 fully saturated rings. The van der Waals surface area contributed by atoms with E-state index in [0.717, 1.165) is 10.4 Å². The van der Waals surface area contributed by atoms with E-state index in [1.54, 1.807) is 16.9 Å². The van der Waals surface area contributed by atoms with Gasteiger partial charge in [0.2, 0.25) is 11.8 Å². The molecule has 0 bridgehead atoms. The fourth-order valence-corrected chi connectivity index (χ4v) is 3.61. The van der Waals surface area contributed by atoms with Crippen molar-refractivity contribution < 1.29 is 9.59 Å². The van der Waals surface area contributed by atoms with Crippen LogP contribution in [0.3, 0.4) is 0 Å². The maximum Gasteiger partial charge on any atom is 0.233 e. The van der Waals surface area contributed by atoms with E-state index in [1.165, 1.54) is 16.2 Å². The molecule has 1 saturated heterocycles. The van der Waals surface area contributed by atoms with Gasteiger partial charge in [-0.3, -0.25) is 19.2 Å². The zero-order valence-corrected chi connectivity index (χ0v) is 13.0. The van der Waals surface area contributed by atoms with Gasteiger partial charge in [0.25, 0.3) is 0 Å². The van der Waals surface area contributed by atoms with Crippen LogP contribution < -0.4 is 0 Å². The number of nitrogens with zero attached hydrogens (tertiary/aromatic N) is 3. The van der Waals surface area contributed by atoms with E-state index in [-0.39, 0.29) is 24.2 Å². The molecule has 0 spiro atoms. The Bertz CT molecular complexity index is 694. The Morgan fingerprint density at radius 1 is 1.43 bits per heavy atom. The number of aromatic nitrogens is 2. The van der Waals surface area contributed by atoms with Crippen LogP contribution >= 0.6 is 22.9 Å². The summed E-state index contributed by atoms with van der Waals surface area (Å²) in [7, 11) is 1.83. The molecular formula is C14H14ClN3O2S. The summed E-state index contributed by atoms with van der Waals surface area (Å²) in [4.78, 5) is 26.7. The van der Waals surface area contributed by atoms with E-state index < -0.39 is 0 Å². The summed E-state index contributed by atoms with van der Waals surface area (Å²) in [6.45, 7) is 0.318. The third-order valence-electron chi connectivity index (χ3n) is 3.52. The summed E-state index contributed by atoms with van der Waals surface area (Å²) in [6, 6.07) is 3.63. The number of hydrogen-bond acceptors (Lipinski definition) is 4. The second kappa shape index (κ2) is 5.61. The predicted molar refractivity (Wildman–Crippen MR) is 79.9 cm³/mol. The molecule has 110 valence electrons. The lowest BCUT2D eigenvalue weighted by atomic mass is 10.0. The monoisotopic (exact) mass is 323 g/mol. The second-order valence-corrected chi connectivity index (χ2v) is 6.95. The number of rotatable bonds is 4. The number of thiophene rings is 1. The van der Waals surface area contributed by atoms with Crippen molar-refractivity contribution in [2.24, 2.45) is 13.0 Å². The van der Waals surface area contributed by atoms with Gasteiger partial charge in [0.05, 0.1) is 23.0 Å². The maximum absolute atomic E-state index is 12.4. The van der Waals surface area contributed by atoms with E-state index in [9.17, 15) is 9.59 Å². The predicted octanol–water partition coefficient (Wildman–Crippen LogP) is 2.25. The number of likely N-dealkylation sites (tertiary alicyclic amines) is 1. The Hall–Kier alpha value is -1.66. The first-order valence-electron chi connectivity index (χ1n) is 6.59. The van der Waals surface area contributed by atoms with Crippen LogP contribution in [0.15, 0.2) is 24.5 Å². The van der Waals surface area contributed by atoms with Crippen LogP contribution in [0, 0.1) is 5.92 Å². The zero-order valence-electron chi connectivity index (χ0n) is 11.5. The van der Waals surface area contributed by atoms with Gasteiger partial charge < -0.3 is 0 Å². The topological polar surface area (TPSA) is 55.2 Å². The highest BCUT2D eigenvalue weighted by Crippen LogP contribution is 2.28. The summed E-state index contributed by atoms with van der Waals surface area (Å²) in [5.74, 6) is -0.496. The molecule has 7 heteroatoms. The Kier molecular flexibility index (Phi) is 3.82. The van der Waals surface area contributed by atoms with Crippen molar-refractivity contribution in [3.8, 4) is 0 Å². The van der Waals surface area contributed by atoms with Crippen LogP contribution in [0.25, 0.3) is 0 Å². The molecule has 1 aliphatic heterocycles. The van der Waals surface area contributed by atoms with Crippen LogP contribution in [0.1, 0.15) is 16.9 Å². The number of hydrogen-bond donors (Lipinski definition) is 0. The van der Waals surface area contributed by atoms with Crippen molar-refractivity contribution >= 4 is 34.8 Å². The Morgan fingerprint density at radius 2 is 2.24 bits per heavy atom. The Labute approximate surface area is 131 Å². The summed E-state index contributed by atoms with van der Waals surface area (Å²) >= 11 is 7.27. The van der Waals surface area contributed by atoms with Gasteiger partial charge in [0.1, 0.15) is 0 Å². The smallest absolute Gasteiger partial charge is 0.233 e. The van der Waals surface area contributed by atoms with Crippen LogP contribution in [0.4, 0.5) is 0 Å². The molecule has 1 atom stereocenters. The van der Waals surface area contributed by atoms with Crippen molar-refractivity contribution in [1.29, 1.82) is 0 Å². The molecule has 2 aromatic rings. The van der Waals surface area contributed by atoms with E-state index in [2.05, 4.69) is 5.10 Å². The summed E-state index contributed by atoms with van der Waals surface area (Å²) in [5, 5.41) is 4.09. The molecular weight excluding hydrogens is 310 g/mol. The van der Waals surface area contributed by atoms with Crippen LogP contribution in [0.5, 0.6) is 0 Å². The standard InChI is InChI=1S/C14H14ClN3O2S/c1-17-7-9(6-16-17)4-10-5-13(19)18(14(10)20)8-11-2-3-12(15)21-11/h2-3,6-7,10H,4-5,8H2,1H3/t10-/m1/s1. The first-order chi connectivity index (χ1) is 10.0. The first-order valence-corrected chi connectivity index (χ1v) is 7.78. The SMILES string of the molecule is Cn1cc(C[C@@H]2CC(=O)N(Cc3ccc(Cl)s3)C2=O)cn1. The van der Waals surface area contributed by atoms with E-state index in [1.807, 2.05) is 19.3 Å². The first kappa shape index (κ1) is 14.3. The largest absolute Gasteiger partial charge is 0.277 e. The summed E-state index contributed by atoms with van der Waals surface area (Å²) in [5.41, 5.74) is 0.977. The van der Waals surface area contributed by atoms with E-state index in [4.69, 9.17) is 11.6 Å². The lowest BCUT2D eigenvalue weighted by Crippen LogP contribution is -2.30. The van der Waals surface area contributed by atoms with Crippen LogP contribution in [0.2, 0.25) is 4.34 Å². The van der Waals surface area contributed by atoms with Crippen LogP contribution in [-0.2, 0) is 29.6 Å². The number of carbonyl (C=O) groups is 2. The van der Waals surface area contributed by atoms with Gasteiger partial charge >= 0.3 is 0 Å². The number of imide groups is 1. The lowest BCUT2D eigenvalue weighted by molar-refractivity contribution is -0.140. The highest BCUT2D eigenvalue weighted by molar-refractivity contribution is 7.16. The average molecular weight is 324 g/mol. The lowest BCUT2D eigenvalue weighted by Gasteiger charge is -2.13. The fourth-order valence-electron chi connectivity index (χ4n) is 2.53. The van der Waals surface area contributed by atoms with Gasteiger partial charge in [-0.25, -0.2) is 0 Å². The maximum atomic E-state index is 12.4. The van der Waals surface area contributed by atoms with Crippen molar-refractivity contribution in [1.82, 2.24) is 14.7 Å². The van der Waals surface area contributed by atoms with E-state index in [0.29, 0.717) is 17.3 Å². The van der Waals surface area contributed by atoms with Crippen molar-refractivity contribution in [3.05, 3.63) is 39.3 Å². The summed E-state index contributed by atoms with van der Waals surface area (Å²) < 4.78 is 2.36. The molecule has 0 unspecified atom stereocenters. The van der Waals surface area contributed by atoms with Crippen molar-refractivity contribution in [2.75, 3.05) is 0 Å². The summed E-state index contributed by atoms with van der Waals surface area (Å²) in [6.07, 6.45) is 4.44. The number of amides is 2. The Morgan fingerprint density at radius 3 is 2.86 bits per heavy atom. The molecule has 5 nitrogen and oxygen atoms in total. The molecule has 0 aromatic carbocycles. The Balaban J connectivity index is 1.69. The van der Waals surface area contributed by atoms with Crippen molar-refractivity contribution in [3.63, 3.8) is 0 Å². The van der Waals surface area contributed by atoms with Gasteiger partial charge in [-0.1, -0.05) is 11.6 Å². The minimum absolute atomic E-state index is 0.103. The zero-order chi connectivity index (χ0) is 15.0. The highest BCUT2D eigenvalue weighted by Gasteiger charge is 2.38. The van der Waals surface area contributed by atoms with Gasteiger partial charge in [0, 0.05) is 24.5 Å². The number of halogens is 1. The third-order valence-corrected chi connectivity index (χ3v) is 4.74. The molecule has 3 rings (SSSR count). The van der Waals surface area contributed by atoms with E-state index >= 15 is 0 Å². The van der Waals surface area contributed by atoms with Gasteiger partial charge in [-0.2, -0.15) is 5.10 Å². The minimum atomic E-state index is -0.280. The molecule has 2 amide bonds. The molecule has 0 saturated carbocycles. The number of carbonyl (C=O) groups excluding carboxylic acids is 2. The minimum Gasteiger partial charge on any atom is -0.277 e. The quantitative estimate of drug-likeness (QED) is 0.811. The fraction of sp³-hybridized carbons (Fsp3) is 0.357. The molecule has 21 heavy (non-hydrogen) atoms.